The lowest BCUT2D eigenvalue weighted by atomic mass is 9.85. The number of ether oxygens (including phenoxy) is 1. The third-order valence-electron chi connectivity index (χ3n) is 5.11. The molecule has 3 N–H and O–H groups in total. The maximum atomic E-state index is 10.9. The zero-order valence-corrected chi connectivity index (χ0v) is 16.9. The van der Waals surface area contributed by atoms with Crippen molar-refractivity contribution in [3.63, 3.8) is 0 Å². The van der Waals surface area contributed by atoms with Gasteiger partial charge in [-0.3, -0.25) is 14.5 Å². The molecule has 7 heteroatoms. The van der Waals surface area contributed by atoms with Crippen molar-refractivity contribution < 1.29 is 29.6 Å². The van der Waals surface area contributed by atoms with Gasteiger partial charge in [0.25, 0.3) is 0 Å². The summed E-state index contributed by atoms with van der Waals surface area (Å²) in [6, 6.07) is 5.51. The Morgan fingerprint density at radius 2 is 1.68 bits per heavy atom. The van der Waals surface area contributed by atoms with Crippen LogP contribution < -0.4 is 4.74 Å². The van der Waals surface area contributed by atoms with Gasteiger partial charge in [0, 0.05) is 18.4 Å². The number of aliphatic hydroxyl groups is 1. The summed E-state index contributed by atoms with van der Waals surface area (Å²) in [5, 5.41) is 28.7. The SMILES string of the molecule is CC(C)(C)c1ccc2c(c1)OC[C@@H](N(CCCC(=O)O)CCCC(=O)O)[C@H]2O. The third kappa shape index (κ3) is 5.94. The van der Waals surface area contributed by atoms with Gasteiger partial charge in [-0.25, -0.2) is 0 Å². The average molecular weight is 393 g/mol. The second-order valence-corrected chi connectivity index (χ2v) is 8.36. The van der Waals surface area contributed by atoms with E-state index in [1.54, 1.807) is 0 Å². The smallest absolute Gasteiger partial charge is 0.303 e. The molecular formula is C21H31NO6. The van der Waals surface area contributed by atoms with E-state index in [0.717, 1.165) is 5.56 Å². The van der Waals surface area contributed by atoms with E-state index in [1.807, 2.05) is 23.1 Å². The molecule has 0 spiro atoms. The molecule has 7 nitrogen and oxygen atoms in total. The van der Waals surface area contributed by atoms with Crippen LogP contribution in [0.3, 0.4) is 0 Å². The minimum atomic E-state index is -0.869. The molecule has 0 aromatic heterocycles. The van der Waals surface area contributed by atoms with Gasteiger partial charge in [-0.15, -0.1) is 0 Å². The number of aliphatic hydroxyl groups excluding tert-OH is 1. The third-order valence-corrected chi connectivity index (χ3v) is 5.11. The first kappa shape index (κ1) is 22.2. The molecule has 0 aliphatic carbocycles. The van der Waals surface area contributed by atoms with E-state index in [-0.39, 0.29) is 30.9 Å². The monoisotopic (exact) mass is 393 g/mol. The molecule has 0 amide bonds. The minimum absolute atomic E-state index is 0.0279. The largest absolute Gasteiger partial charge is 0.491 e. The number of carbonyl (C=O) groups is 2. The van der Waals surface area contributed by atoms with E-state index < -0.39 is 18.0 Å². The number of benzene rings is 1. The summed E-state index contributed by atoms with van der Waals surface area (Å²) < 4.78 is 5.94. The van der Waals surface area contributed by atoms with E-state index in [1.165, 1.54) is 0 Å². The van der Waals surface area contributed by atoms with E-state index in [0.29, 0.717) is 37.2 Å². The van der Waals surface area contributed by atoms with Crippen LogP contribution in [0.2, 0.25) is 0 Å². The minimum Gasteiger partial charge on any atom is -0.491 e. The topological polar surface area (TPSA) is 107 Å². The summed E-state index contributed by atoms with van der Waals surface area (Å²) in [6.07, 6.45) is 0.158. The average Bonchev–Trinajstić information content (AvgIpc) is 2.59. The molecule has 1 heterocycles. The Kier molecular flexibility index (Phi) is 7.43. The van der Waals surface area contributed by atoms with Crippen LogP contribution in [0.1, 0.15) is 63.7 Å². The van der Waals surface area contributed by atoms with Crippen molar-refractivity contribution in [2.45, 2.75) is 64.0 Å². The highest BCUT2D eigenvalue weighted by Gasteiger charge is 2.34. The Morgan fingerprint density at radius 1 is 1.11 bits per heavy atom. The number of hydrogen-bond acceptors (Lipinski definition) is 5. The first-order valence-electron chi connectivity index (χ1n) is 9.72. The maximum absolute atomic E-state index is 10.9. The molecule has 1 aliphatic heterocycles. The van der Waals surface area contributed by atoms with Crippen molar-refractivity contribution in [1.29, 1.82) is 0 Å². The Bertz CT molecular complexity index is 677. The number of fused-ring (bicyclic) bond motifs is 1. The molecule has 0 radical (unpaired) electrons. The lowest BCUT2D eigenvalue weighted by Crippen LogP contribution is -2.47. The van der Waals surface area contributed by atoms with Gasteiger partial charge >= 0.3 is 11.9 Å². The lowest BCUT2D eigenvalue weighted by Gasteiger charge is -2.39. The number of aliphatic carboxylic acids is 2. The zero-order valence-electron chi connectivity index (χ0n) is 16.9. The normalized spacial score (nSPS) is 19.2. The van der Waals surface area contributed by atoms with Gasteiger partial charge in [0.1, 0.15) is 18.5 Å². The molecule has 28 heavy (non-hydrogen) atoms. The molecule has 0 saturated heterocycles. The van der Waals surface area contributed by atoms with Crippen LogP contribution in [0.5, 0.6) is 5.75 Å². The van der Waals surface area contributed by atoms with Gasteiger partial charge in [-0.2, -0.15) is 0 Å². The molecule has 0 fully saturated rings. The Morgan fingerprint density at radius 3 is 2.18 bits per heavy atom. The first-order chi connectivity index (χ1) is 13.1. The van der Waals surface area contributed by atoms with Crippen molar-refractivity contribution in [2.75, 3.05) is 19.7 Å². The number of nitrogens with zero attached hydrogens (tertiary/aromatic N) is 1. The van der Waals surface area contributed by atoms with Crippen molar-refractivity contribution in [3.05, 3.63) is 29.3 Å². The number of carboxylic acid groups (broad SMARTS) is 2. The summed E-state index contributed by atoms with van der Waals surface area (Å²) in [7, 11) is 0. The summed E-state index contributed by atoms with van der Waals surface area (Å²) in [6.45, 7) is 7.55. The van der Waals surface area contributed by atoms with Gasteiger partial charge in [0.05, 0.1) is 6.04 Å². The van der Waals surface area contributed by atoms with E-state index in [4.69, 9.17) is 14.9 Å². The predicted octanol–water partition coefficient (Wildman–Crippen LogP) is 2.81. The lowest BCUT2D eigenvalue weighted by molar-refractivity contribution is -0.138. The Balaban J connectivity index is 2.14. The van der Waals surface area contributed by atoms with E-state index >= 15 is 0 Å². The van der Waals surface area contributed by atoms with E-state index in [2.05, 4.69) is 20.8 Å². The molecule has 1 aliphatic rings. The highest BCUT2D eigenvalue weighted by molar-refractivity contribution is 5.66. The zero-order chi connectivity index (χ0) is 20.9. The van der Waals surface area contributed by atoms with Crippen LogP contribution in [-0.2, 0) is 15.0 Å². The second kappa shape index (κ2) is 9.39. The van der Waals surface area contributed by atoms with Gasteiger partial charge in [0.15, 0.2) is 0 Å². The predicted molar refractivity (Wildman–Crippen MR) is 105 cm³/mol. The van der Waals surface area contributed by atoms with E-state index in [9.17, 15) is 14.7 Å². The van der Waals surface area contributed by atoms with Crippen LogP contribution >= 0.6 is 0 Å². The molecule has 156 valence electrons. The molecule has 2 atom stereocenters. The van der Waals surface area contributed by atoms with Crippen LogP contribution in [0.25, 0.3) is 0 Å². The molecule has 0 unspecified atom stereocenters. The fourth-order valence-electron chi connectivity index (χ4n) is 3.46. The summed E-state index contributed by atoms with van der Waals surface area (Å²) in [4.78, 5) is 23.6. The van der Waals surface area contributed by atoms with Crippen molar-refractivity contribution >= 4 is 11.9 Å². The second-order valence-electron chi connectivity index (χ2n) is 8.36. The highest BCUT2D eigenvalue weighted by Crippen LogP contribution is 2.37. The van der Waals surface area contributed by atoms with Crippen molar-refractivity contribution in [2.24, 2.45) is 0 Å². The molecule has 2 rings (SSSR count). The number of hydrogen-bond donors (Lipinski definition) is 3. The van der Waals surface area contributed by atoms with Crippen LogP contribution in [-0.4, -0.2) is 57.9 Å². The van der Waals surface area contributed by atoms with Crippen molar-refractivity contribution in [1.82, 2.24) is 4.90 Å². The Labute approximate surface area is 165 Å². The molecule has 1 aromatic rings. The quantitative estimate of drug-likeness (QED) is 0.592. The molecule has 0 saturated carbocycles. The van der Waals surface area contributed by atoms with Crippen LogP contribution in [0.15, 0.2) is 18.2 Å². The van der Waals surface area contributed by atoms with Gasteiger partial charge in [0.2, 0.25) is 0 Å². The van der Waals surface area contributed by atoms with Crippen LogP contribution in [0, 0.1) is 0 Å². The van der Waals surface area contributed by atoms with Gasteiger partial charge in [-0.05, 0) is 43.0 Å². The number of rotatable bonds is 9. The summed E-state index contributed by atoms with van der Waals surface area (Å²) in [5.41, 5.74) is 1.81. The fraction of sp³-hybridized carbons (Fsp3) is 0.619. The summed E-state index contributed by atoms with van der Waals surface area (Å²) >= 11 is 0. The maximum Gasteiger partial charge on any atom is 0.303 e. The van der Waals surface area contributed by atoms with Crippen LogP contribution in [0.4, 0.5) is 0 Å². The number of carboxylic acids is 2. The molecule has 1 aromatic carbocycles. The van der Waals surface area contributed by atoms with Gasteiger partial charge in [-0.1, -0.05) is 32.9 Å². The van der Waals surface area contributed by atoms with Crippen molar-refractivity contribution in [3.8, 4) is 5.75 Å². The summed E-state index contributed by atoms with van der Waals surface area (Å²) in [5.74, 6) is -1.07. The first-order valence-corrected chi connectivity index (χ1v) is 9.72. The molecular weight excluding hydrogens is 362 g/mol. The highest BCUT2D eigenvalue weighted by atomic mass is 16.5. The molecule has 0 bridgehead atoms. The Hall–Kier alpha value is -2.12. The standard InChI is InChI=1S/C21H31NO6/c1-21(2,3)14-8-9-15-17(12-14)28-13-16(20(15)27)22(10-4-6-18(23)24)11-5-7-19(25)26/h8-9,12,16,20,27H,4-7,10-11,13H2,1-3H3,(H,23,24)(H,25,26)/t16-,20+/m1/s1. The fourth-order valence-corrected chi connectivity index (χ4v) is 3.46. The van der Waals surface area contributed by atoms with Gasteiger partial charge < -0.3 is 20.1 Å².